The Morgan fingerprint density at radius 3 is 2.20 bits per heavy atom. The molecule has 0 unspecified atom stereocenters. The van der Waals surface area contributed by atoms with Gasteiger partial charge in [0.25, 0.3) is 0 Å². The normalized spacial score (nSPS) is 23.2. The number of aliphatic carboxylic acids is 1. The molecule has 6 heteroatoms. The molecular formula is C19H26N2O4. The second-order valence-corrected chi connectivity index (χ2v) is 7.01. The summed E-state index contributed by atoms with van der Waals surface area (Å²) in [7, 11) is 0. The van der Waals surface area contributed by atoms with Crippen LogP contribution in [0.4, 0.5) is 4.79 Å². The summed E-state index contributed by atoms with van der Waals surface area (Å²) in [6.07, 6.45) is 5.42. The van der Waals surface area contributed by atoms with Crippen LogP contribution in [0.2, 0.25) is 0 Å². The third-order valence-electron chi connectivity index (χ3n) is 5.03. The molecule has 2 aliphatic rings. The number of benzene rings is 1. The average Bonchev–Trinajstić information content (AvgIpc) is 3.44. The van der Waals surface area contributed by atoms with Gasteiger partial charge >= 0.3 is 12.1 Å². The first-order valence-corrected chi connectivity index (χ1v) is 9.06. The van der Waals surface area contributed by atoms with Gasteiger partial charge in [0, 0.05) is 18.1 Å². The second-order valence-electron chi connectivity index (χ2n) is 7.01. The third kappa shape index (κ3) is 5.46. The van der Waals surface area contributed by atoms with E-state index in [1.165, 1.54) is 0 Å². The summed E-state index contributed by atoms with van der Waals surface area (Å²) < 4.78 is 5.27. The smallest absolute Gasteiger partial charge is 0.407 e. The van der Waals surface area contributed by atoms with Crippen LogP contribution < -0.4 is 5.32 Å². The summed E-state index contributed by atoms with van der Waals surface area (Å²) in [5.41, 5.74) is 0.968. The number of rotatable bonds is 7. The number of carbonyl (C=O) groups is 2. The largest absolute Gasteiger partial charge is 0.480 e. The molecule has 0 radical (unpaired) electrons. The molecule has 2 N–H and O–H groups in total. The van der Waals surface area contributed by atoms with Gasteiger partial charge in [-0.05, 0) is 44.1 Å². The minimum atomic E-state index is -0.753. The zero-order valence-corrected chi connectivity index (χ0v) is 14.4. The number of hydrogen-bond acceptors (Lipinski definition) is 4. The van der Waals surface area contributed by atoms with Crippen molar-refractivity contribution in [2.75, 3.05) is 6.54 Å². The third-order valence-corrected chi connectivity index (χ3v) is 5.03. The molecule has 0 aliphatic heterocycles. The van der Waals surface area contributed by atoms with Crippen LogP contribution >= 0.6 is 0 Å². The number of carboxylic acids is 1. The van der Waals surface area contributed by atoms with Gasteiger partial charge in [-0.1, -0.05) is 30.3 Å². The Balaban J connectivity index is 1.39. The lowest BCUT2D eigenvalue weighted by molar-refractivity contribution is -0.139. The van der Waals surface area contributed by atoms with Crippen molar-refractivity contribution < 1.29 is 19.4 Å². The van der Waals surface area contributed by atoms with Crippen LogP contribution in [-0.2, 0) is 16.1 Å². The zero-order valence-electron chi connectivity index (χ0n) is 14.4. The van der Waals surface area contributed by atoms with Crippen molar-refractivity contribution in [1.29, 1.82) is 0 Å². The second kappa shape index (κ2) is 8.34. The van der Waals surface area contributed by atoms with Gasteiger partial charge in [0.1, 0.15) is 6.61 Å². The molecule has 0 atom stereocenters. The van der Waals surface area contributed by atoms with Gasteiger partial charge in [-0.15, -0.1) is 0 Å². The van der Waals surface area contributed by atoms with E-state index >= 15 is 0 Å². The quantitative estimate of drug-likeness (QED) is 0.794. The van der Waals surface area contributed by atoms with Gasteiger partial charge in [0.2, 0.25) is 0 Å². The van der Waals surface area contributed by atoms with Crippen molar-refractivity contribution in [2.24, 2.45) is 0 Å². The Morgan fingerprint density at radius 1 is 1.04 bits per heavy atom. The van der Waals surface area contributed by atoms with Crippen LogP contribution in [-0.4, -0.2) is 46.7 Å². The first-order valence-electron chi connectivity index (χ1n) is 9.06. The van der Waals surface area contributed by atoms with Crippen molar-refractivity contribution in [3.8, 4) is 0 Å². The molecule has 1 aromatic carbocycles. The molecule has 0 heterocycles. The van der Waals surface area contributed by atoms with Gasteiger partial charge < -0.3 is 15.2 Å². The predicted molar refractivity (Wildman–Crippen MR) is 93.2 cm³/mol. The maximum absolute atomic E-state index is 11.9. The summed E-state index contributed by atoms with van der Waals surface area (Å²) in [5.74, 6) is -0.753. The molecule has 2 fully saturated rings. The highest BCUT2D eigenvalue weighted by atomic mass is 16.5. The van der Waals surface area contributed by atoms with Crippen molar-refractivity contribution in [1.82, 2.24) is 10.2 Å². The van der Waals surface area contributed by atoms with Gasteiger partial charge in [-0.25, -0.2) is 4.79 Å². The molecule has 2 aliphatic carbocycles. The fourth-order valence-corrected chi connectivity index (χ4v) is 3.60. The summed E-state index contributed by atoms with van der Waals surface area (Å²) in [4.78, 5) is 25.2. The van der Waals surface area contributed by atoms with Gasteiger partial charge in [-0.3, -0.25) is 9.69 Å². The lowest BCUT2D eigenvalue weighted by Gasteiger charge is -2.36. The molecule has 1 amide bonds. The molecule has 1 aromatic rings. The molecule has 6 nitrogen and oxygen atoms in total. The highest BCUT2D eigenvalue weighted by Gasteiger charge is 2.37. The van der Waals surface area contributed by atoms with Crippen LogP contribution in [0, 0.1) is 0 Å². The van der Waals surface area contributed by atoms with E-state index in [1.54, 1.807) is 0 Å². The van der Waals surface area contributed by atoms with Crippen LogP contribution in [0.5, 0.6) is 0 Å². The number of carboxylic acid groups (broad SMARTS) is 1. The van der Waals surface area contributed by atoms with Gasteiger partial charge in [0.15, 0.2) is 0 Å². The number of hydrogen-bond donors (Lipinski definition) is 2. The highest BCUT2D eigenvalue weighted by Crippen LogP contribution is 2.33. The highest BCUT2D eigenvalue weighted by molar-refractivity contribution is 5.69. The summed E-state index contributed by atoms with van der Waals surface area (Å²) in [6, 6.07) is 10.5. The van der Waals surface area contributed by atoms with Gasteiger partial charge in [0.05, 0.1) is 6.54 Å². The first-order chi connectivity index (χ1) is 12.1. The average molecular weight is 346 g/mol. The lowest BCUT2D eigenvalue weighted by Crippen LogP contribution is -2.46. The van der Waals surface area contributed by atoms with Crippen LogP contribution in [0.15, 0.2) is 30.3 Å². The lowest BCUT2D eigenvalue weighted by atomic mass is 9.90. The fraction of sp³-hybridized carbons (Fsp3) is 0.579. The van der Waals surface area contributed by atoms with E-state index in [2.05, 4.69) is 10.2 Å². The Labute approximate surface area is 148 Å². The van der Waals surface area contributed by atoms with Gasteiger partial charge in [-0.2, -0.15) is 0 Å². The van der Waals surface area contributed by atoms with E-state index in [1.807, 2.05) is 30.3 Å². The van der Waals surface area contributed by atoms with E-state index in [0.29, 0.717) is 12.1 Å². The van der Waals surface area contributed by atoms with E-state index in [-0.39, 0.29) is 25.3 Å². The number of alkyl carbamates (subject to hydrolysis) is 1. The molecule has 0 aromatic heterocycles. The number of nitrogens with zero attached hydrogens (tertiary/aromatic N) is 1. The molecule has 25 heavy (non-hydrogen) atoms. The van der Waals surface area contributed by atoms with Crippen molar-refractivity contribution in [2.45, 2.75) is 63.3 Å². The van der Waals surface area contributed by atoms with E-state index in [9.17, 15) is 9.59 Å². The van der Waals surface area contributed by atoms with E-state index in [4.69, 9.17) is 9.84 Å². The monoisotopic (exact) mass is 346 g/mol. The molecule has 2 saturated carbocycles. The minimum absolute atomic E-state index is 0.116. The predicted octanol–water partition coefficient (Wildman–Crippen LogP) is 2.77. The summed E-state index contributed by atoms with van der Waals surface area (Å²) >= 11 is 0. The van der Waals surface area contributed by atoms with Crippen molar-refractivity contribution in [3.05, 3.63) is 35.9 Å². The standard InChI is InChI=1S/C19H26N2O4/c22-18(23)12-21(17-10-11-17)16-8-6-15(7-9-16)20-19(24)25-13-14-4-2-1-3-5-14/h1-5,15-17H,6-13H2,(H,20,24)(H,22,23). The van der Waals surface area contributed by atoms with E-state index < -0.39 is 5.97 Å². The Bertz CT molecular complexity index is 580. The molecule has 136 valence electrons. The number of amides is 1. The minimum Gasteiger partial charge on any atom is -0.480 e. The Hall–Kier alpha value is -2.08. The maximum Gasteiger partial charge on any atom is 0.407 e. The molecule has 0 bridgehead atoms. The Kier molecular flexibility index (Phi) is 5.91. The number of carbonyl (C=O) groups excluding carboxylic acids is 1. The maximum atomic E-state index is 11.9. The summed E-state index contributed by atoms with van der Waals surface area (Å²) in [5, 5.41) is 12.0. The van der Waals surface area contributed by atoms with Crippen LogP contribution in [0.25, 0.3) is 0 Å². The topological polar surface area (TPSA) is 78.9 Å². The molecule has 0 spiro atoms. The fourth-order valence-electron chi connectivity index (χ4n) is 3.60. The Morgan fingerprint density at radius 2 is 1.64 bits per heavy atom. The first kappa shape index (κ1) is 17.7. The zero-order chi connectivity index (χ0) is 17.6. The molecular weight excluding hydrogens is 320 g/mol. The molecule has 0 saturated heterocycles. The van der Waals surface area contributed by atoms with Crippen molar-refractivity contribution >= 4 is 12.1 Å². The molecule has 3 rings (SSSR count). The van der Waals surface area contributed by atoms with E-state index in [0.717, 1.165) is 44.1 Å². The number of ether oxygens (including phenoxy) is 1. The van der Waals surface area contributed by atoms with Crippen LogP contribution in [0.1, 0.15) is 44.1 Å². The summed E-state index contributed by atoms with van der Waals surface area (Å²) in [6.45, 7) is 0.405. The van der Waals surface area contributed by atoms with Crippen LogP contribution in [0.3, 0.4) is 0 Å². The number of nitrogens with one attached hydrogen (secondary N) is 1. The SMILES string of the molecule is O=C(O)CN(C1CCC(NC(=O)OCc2ccccc2)CC1)C1CC1. The van der Waals surface area contributed by atoms with Crippen molar-refractivity contribution in [3.63, 3.8) is 0 Å².